The number of Topliss-reactive ketones (excluding diaryl/α,β-unsaturated/α-hetero) is 1. The Kier molecular flexibility index (Phi) is 5.75. The number of benzene rings is 1. The first-order chi connectivity index (χ1) is 11.8. The third kappa shape index (κ3) is 4.15. The summed E-state index contributed by atoms with van der Waals surface area (Å²) in [4.78, 5) is 35.6. The number of aromatic nitrogens is 1. The lowest BCUT2D eigenvalue weighted by Crippen LogP contribution is -2.13. The van der Waals surface area contributed by atoms with Crippen LogP contribution in [-0.4, -0.2) is 22.3 Å². The smallest absolute Gasteiger partial charge is 0.355 e. The van der Waals surface area contributed by atoms with Gasteiger partial charge in [0.2, 0.25) is 0 Å². The summed E-state index contributed by atoms with van der Waals surface area (Å²) in [7, 11) is 1.65. The second kappa shape index (κ2) is 7.79. The minimum atomic E-state index is -0.527. The summed E-state index contributed by atoms with van der Waals surface area (Å²) in [5.74, 6) is -1.18. The maximum atomic E-state index is 12.5. The molecule has 2 rings (SSSR count). The van der Waals surface area contributed by atoms with E-state index in [-0.39, 0.29) is 24.7 Å². The molecule has 0 aliphatic heterocycles. The fraction of sp³-hybridized carbons (Fsp3) is 0.316. The highest BCUT2D eigenvalue weighted by atomic mass is 16.5. The summed E-state index contributed by atoms with van der Waals surface area (Å²) in [5.41, 5.74) is 2.54. The molecule has 1 aromatic carbocycles. The average Bonchev–Trinajstić information content (AvgIpc) is 2.82. The van der Waals surface area contributed by atoms with Crippen LogP contribution in [0.1, 0.15) is 51.5 Å². The third-order valence-corrected chi connectivity index (χ3v) is 3.93. The van der Waals surface area contributed by atoms with Gasteiger partial charge in [0.25, 0.3) is 0 Å². The molecule has 1 heterocycles. The summed E-state index contributed by atoms with van der Waals surface area (Å²) in [6.07, 6.45) is 0. The molecule has 0 N–H and O–H groups in total. The van der Waals surface area contributed by atoms with E-state index in [0.29, 0.717) is 16.8 Å². The second-order valence-corrected chi connectivity index (χ2v) is 5.75. The Morgan fingerprint density at radius 2 is 1.64 bits per heavy atom. The number of esters is 2. The van der Waals surface area contributed by atoms with Crippen LogP contribution in [0.2, 0.25) is 0 Å². The van der Waals surface area contributed by atoms with Gasteiger partial charge in [-0.25, -0.2) is 4.79 Å². The SMILES string of the molecule is CC(=O)OCc1c(C(C)=O)c(C)c(C(=O)OCc2ccccc2)n1C. The van der Waals surface area contributed by atoms with Crippen LogP contribution < -0.4 is 0 Å². The Morgan fingerprint density at radius 3 is 2.20 bits per heavy atom. The highest BCUT2D eigenvalue weighted by molar-refractivity contribution is 6.01. The van der Waals surface area contributed by atoms with E-state index in [1.54, 1.807) is 18.5 Å². The lowest BCUT2D eigenvalue weighted by Gasteiger charge is -2.09. The molecule has 0 saturated heterocycles. The van der Waals surface area contributed by atoms with Gasteiger partial charge in [0.1, 0.15) is 18.9 Å². The third-order valence-electron chi connectivity index (χ3n) is 3.93. The zero-order valence-electron chi connectivity index (χ0n) is 14.8. The highest BCUT2D eigenvalue weighted by Gasteiger charge is 2.26. The topological polar surface area (TPSA) is 74.6 Å². The molecule has 0 bridgehead atoms. The van der Waals surface area contributed by atoms with Crippen molar-refractivity contribution in [1.29, 1.82) is 0 Å². The monoisotopic (exact) mass is 343 g/mol. The molecule has 25 heavy (non-hydrogen) atoms. The van der Waals surface area contributed by atoms with Gasteiger partial charge in [-0.15, -0.1) is 0 Å². The number of carbonyl (C=O) groups excluding carboxylic acids is 3. The number of ketones is 1. The molecule has 1 aromatic heterocycles. The van der Waals surface area contributed by atoms with E-state index in [1.165, 1.54) is 13.8 Å². The molecular formula is C19H21NO5. The predicted octanol–water partition coefficient (Wildman–Crippen LogP) is 2.96. The van der Waals surface area contributed by atoms with Crippen LogP contribution in [0.4, 0.5) is 0 Å². The molecule has 0 fully saturated rings. The number of carbonyl (C=O) groups is 3. The van der Waals surface area contributed by atoms with Crippen LogP contribution in [0.15, 0.2) is 30.3 Å². The van der Waals surface area contributed by atoms with Crippen LogP contribution >= 0.6 is 0 Å². The van der Waals surface area contributed by atoms with E-state index < -0.39 is 11.9 Å². The normalized spacial score (nSPS) is 10.4. The van der Waals surface area contributed by atoms with Gasteiger partial charge in [0.05, 0.1) is 5.69 Å². The van der Waals surface area contributed by atoms with E-state index in [2.05, 4.69) is 0 Å². The van der Waals surface area contributed by atoms with Crippen LogP contribution in [0.3, 0.4) is 0 Å². The Hall–Kier alpha value is -2.89. The van der Waals surface area contributed by atoms with Crippen molar-refractivity contribution in [2.45, 2.75) is 34.0 Å². The van der Waals surface area contributed by atoms with Gasteiger partial charge >= 0.3 is 11.9 Å². The van der Waals surface area contributed by atoms with E-state index in [9.17, 15) is 14.4 Å². The van der Waals surface area contributed by atoms with Crippen LogP contribution in [0.5, 0.6) is 0 Å². The maximum absolute atomic E-state index is 12.5. The quantitative estimate of drug-likeness (QED) is 0.595. The largest absolute Gasteiger partial charge is 0.459 e. The minimum Gasteiger partial charge on any atom is -0.459 e. The van der Waals surface area contributed by atoms with Gasteiger partial charge in [-0.2, -0.15) is 0 Å². The first kappa shape index (κ1) is 18.4. The van der Waals surface area contributed by atoms with Gasteiger partial charge in [-0.3, -0.25) is 9.59 Å². The number of rotatable bonds is 6. The van der Waals surface area contributed by atoms with Crippen LogP contribution in [-0.2, 0) is 34.5 Å². The number of nitrogens with zero attached hydrogens (tertiary/aromatic N) is 1. The number of hydrogen-bond donors (Lipinski definition) is 0. The lowest BCUT2D eigenvalue weighted by molar-refractivity contribution is -0.142. The molecule has 6 heteroatoms. The lowest BCUT2D eigenvalue weighted by atomic mass is 10.1. The molecule has 0 atom stereocenters. The van der Waals surface area contributed by atoms with Crippen LogP contribution in [0.25, 0.3) is 0 Å². The first-order valence-electron chi connectivity index (χ1n) is 7.86. The van der Waals surface area contributed by atoms with E-state index in [4.69, 9.17) is 9.47 Å². The Morgan fingerprint density at radius 1 is 1.00 bits per heavy atom. The zero-order valence-corrected chi connectivity index (χ0v) is 14.8. The van der Waals surface area contributed by atoms with Crippen molar-refractivity contribution in [3.05, 3.63) is 58.4 Å². The van der Waals surface area contributed by atoms with Crippen molar-refractivity contribution in [3.8, 4) is 0 Å². The van der Waals surface area contributed by atoms with Crippen molar-refractivity contribution in [3.63, 3.8) is 0 Å². The molecule has 6 nitrogen and oxygen atoms in total. The van der Waals surface area contributed by atoms with Gasteiger partial charge in [0.15, 0.2) is 5.78 Å². The maximum Gasteiger partial charge on any atom is 0.355 e. The van der Waals surface area contributed by atoms with Gasteiger partial charge in [-0.05, 0) is 25.0 Å². The predicted molar refractivity (Wildman–Crippen MR) is 91.2 cm³/mol. The standard InChI is InChI=1S/C19H21NO5/c1-12-17(13(2)21)16(11-24-14(3)22)20(4)18(12)19(23)25-10-15-8-6-5-7-9-15/h5-9H,10-11H2,1-4H3. The van der Waals surface area contributed by atoms with Gasteiger partial charge in [0, 0.05) is 19.5 Å². The fourth-order valence-electron chi connectivity index (χ4n) is 2.78. The Bertz CT molecular complexity index is 805. The second-order valence-electron chi connectivity index (χ2n) is 5.75. The molecule has 132 valence electrons. The molecule has 0 amide bonds. The van der Waals surface area contributed by atoms with Crippen molar-refractivity contribution in [1.82, 2.24) is 4.57 Å². The van der Waals surface area contributed by atoms with E-state index in [0.717, 1.165) is 5.56 Å². The first-order valence-corrected chi connectivity index (χ1v) is 7.86. The Labute approximate surface area is 146 Å². The van der Waals surface area contributed by atoms with Gasteiger partial charge < -0.3 is 14.0 Å². The molecule has 0 aliphatic rings. The van der Waals surface area contributed by atoms with Crippen molar-refractivity contribution >= 4 is 17.7 Å². The van der Waals surface area contributed by atoms with E-state index >= 15 is 0 Å². The van der Waals surface area contributed by atoms with Crippen molar-refractivity contribution in [2.24, 2.45) is 7.05 Å². The average molecular weight is 343 g/mol. The Balaban J connectivity index is 2.30. The summed E-state index contributed by atoms with van der Waals surface area (Å²) in [6.45, 7) is 4.45. The molecule has 0 radical (unpaired) electrons. The highest BCUT2D eigenvalue weighted by Crippen LogP contribution is 2.24. The fourth-order valence-corrected chi connectivity index (χ4v) is 2.78. The van der Waals surface area contributed by atoms with Crippen molar-refractivity contribution in [2.75, 3.05) is 0 Å². The summed E-state index contributed by atoms with van der Waals surface area (Å²) >= 11 is 0. The molecule has 2 aromatic rings. The molecule has 0 unspecified atom stereocenters. The molecule has 0 aliphatic carbocycles. The number of ether oxygens (including phenoxy) is 2. The van der Waals surface area contributed by atoms with Crippen molar-refractivity contribution < 1.29 is 23.9 Å². The van der Waals surface area contributed by atoms with E-state index in [1.807, 2.05) is 30.3 Å². The summed E-state index contributed by atoms with van der Waals surface area (Å²) in [5, 5.41) is 0. The summed E-state index contributed by atoms with van der Waals surface area (Å²) in [6, 6.07) is 9.33. The minimum absolute atomic E-state index is 0.0758. The molecule has 0 saturated carbocycles. The number of hydrogen-bond acceptors (Lipinski definition) is 5. The molecule has 0 spiro atoms. The van der Waals surface area contributed by atoms with Crippen LogP contribution in [0, 0.1) is 6.92 Å². The summed E-state index contributed by atoms with van der Waals surface area (Å²) < 4.78 is 11.9. The molecular weight excluding hydrogens is 322 g/mol. The van der Waals surface area contributed by atoms with Gasteiger partial charge in [-0.1, -0.05) is 30.3 Å². The zero-order chi connectivity index (χ0) is 18.6.